The van der Waals surface area contributed by atoms with Crippen LogP contribution >= 0.6 is 0 Å². The van der Waals surface area contributed by atoms with E-state index < -0.39 is 0 Å². The lowest BCUT2D eigenvalue weighted by molar-refractivity contribution is -0.0858. The van der Waals surface area contributed by atoms with Crippen molar-refractivity contribution in [3.8, 4) is 0 Å². The number of hydrogen-bond donors (Lipinski definition) is 1. The Hall–Kier alpha value is -0.0800. The van der Waals surface area contributed by atoms with Crippen LogP contribution in [0.3, 0.4) is 0 Å². The molecule has 17 heavy (non-hydrogen) atoms. The second-order valence-corrected chi connectivity index (χ2v) is 6.10. The SMILES string of the molecule is CCCC(C)COC1(CNC)CCC(C)CC1. The normalized spacial score (nSPS) is 31.4. The molecule has 1 saturated carbocycles. The Morgan fingerprint density at radius 3 is 2.53 bits per heavy atom. The zero-order chi connectivity index (χ0) is 12.7. The first-order valence-electron chi connectivity index (χ1n) is 7.40. The largest absolute Gasteiger partial charge is 0.373 e. The van der Waals surface area contributed by atoms with Gasteiger partial charge in [0.1, 0.15) is 0 Å². The molecule has 0 spiro atoms. The van der Waals surface area contributed by atoms with Gasteiger partial charge >= 0.3 is 0 Å². The summed E-state index contributed by atoms with van der Waals surface area (Å²) in [6, 6.07) is 0. The maximum Gasteiger partial charge on any atom is 0.0806 e. The number of rotatable bonds is 7. The highest BCUT2D eigenvalue weighted by Crippen LogP contribution is 2.34. The molecule has 1 atom stereocenters. The molecule has 0 aromatic rings. The van der Waals surface area contributed by atoms with E-state index in [-0.39, 0.29) is 5.60 Å². The van der Waals surface area contributed by atoms with Crippen LogP contribution in [0.15, 0.2) is 0 Å². The molecule has 2 heteroatoms. The second-order valence-electron chi connectivity index (χ2n) is 6.10. The fourth-order valence-electron chi connectivity index (χ4n) is 2.88. The molecule has 102 valence electrons. The molecule has 0 radical (unpaired) electrons. The van der Waals surface area contributed by atoms with Gasteiger partial charge in [-0.25, -0.2) is 0 Å². The van der Waals surface area contributed by atoms with Crippen LogP contribution in [0, 0.1) is 11.8 Å². The van der Waals surface area contributed by atoms with Gasteiger partial charge in [0, 0.05) is 13.2 Å². The monoisotopic (exact) mass is 241 g/mol. The third kappa shape index (κ3) is 4.97. The van der Waals surface area contributed by atoms with Crippen LogP contribution in [-0.4, -0.2) is 25.8 Å². The van der Waals surface area contributed by atoms with Crippen LogP contribution in [0.4, 0.5) is 0 Å². The lowest BCUT2D eigenvalue weighted by Gasteiger charge is -2.40. The molecule has 0 saturated heterocycles. The standard InChI is InChI=1S/C15H31NO/c1-5-6-14(3)11-17-15(12-16-4)9-7-13(2)8-10-15/h13-14,16H,5-12H2,1-4H3. The number of ether oxygens (including phenoxy) is 1. The van der Waals surface area contributed by atoms with E-state index >= 15 is 0 Å². The summed E-state index contributed by atoms with van der Waals surface area (Å²) in [4.78, 5) is 0. The van der Waals surface area contributed by atoms with Gasteiger partial charge in [0.05, 0.1) is 5.60 Å². The second kappa shape index (κ2) is 7.38. The Morgan fingerprint density at radius 2 is 2.00 bits per heavy atom. The van der Waals surface area contributed by atoms with Crippen molar-refractivity contribution < 1.29 is 4.74 Å². The summed E-state index contributed by atoms with van der Waals surface area (Å²) >= 11 is 0. The Morgan fingerprint density at radius 1 is 1.35 bits per heavy atom. The smallest absolute Gasteiger partial charge is 0.0806 e. The Labute approximate surface area is 108 Å². The molecule has 2 nitrogen and oxygen atoms in total. The Balaban J connectivity index is 2.42. The van der Waals surface area contributed by atoms with Crippen LogP contribution < -0.4 is 5.32 Å². The first-order chi connectivity index (χ1) is 8.12. The zero-order valence-electron chi connectivity index (χ0n) is 12.2. The van der Waals surface area contributed by atoms with Gasteiger partial charge in [0.2, 0.25) is 0 Å². The van der Waals surface area contributed by atoms with Gasteiger partial charge < -0.3 is 10.1 Å². The molecule has 0 aliphatic heterocycles. The van der Waals surface area contributed by atoms with Crippen molar-refractivity contribution >= 4 is 0 Å². The molecule has 0 amide bonds. The summed E-state index contributed by atoms with van der Waals surface area (Å²) in [5.74, 6) is 1.59. The molecule has 1 aliphatic carbocycles. The van der Waals surface area contributed by atoms with Gasteiger partial charge in [0.25, 0.3) is 0 Å². The molecule has 0 heterocycles. The van der Waals surface area contributed by atoms with Gasteiger partial charge in [-0.2, -0.15) is 0 Å². The van der Waals surface area contributed by atoms with Crippen molar-refractivity contribution in [3.63, 3.8) is 0 Å². The van der Waals surface area contributed by atoms with Gasteiger partial charge in [-0.1, -0.05) is 27.2 Å². The number of hydrogen-bond acceptors (Lipinski definition) is 2. The summed E-state index contributed by atoms with van der Waals surface area (Å²) < 4.78 is 6.31. The van der Waals surface area contributed by atoms with Crippen molar-refractivity contribution in [2.45, 2.75) is 64.9 Å². The highest BCUT2D eigenvalue weighted by Gasteiger charge is 2.34. The average molecular weight is 241 g/mol. The molecule has 0 aromatic carbocycles. The molecule has 1 aliphatic rings. The third-order valence-electron chi connectivity index (χ3n) is 4.14. The van der Waals surface area contributed by atoms with E-state index in [2.05, 4.69) is 26.1 Å². The maximum atomic E-state index is 6.31. The molecule has 1 fully saturated rings. The van der Waals surface area contributed by atoms with Crippen molar-refractivity contribution in [1.29, 1.82) is 0 Å². The van der Waals surface area contributed by atoms with Crippen LogP contribution in [0.25, 0.3) is 0 Å². The fourth-order valence-corrected chi connectivity index (χ4v) is 2.88. The van der Waals surface area contributed by atoms with Crippen LogP contribution in [0.5, 0.6) is 0 Å². The summed E-state index contributed by atoms with van der Waals surface area (Å²) in [6.07, 6.45) is 7.65. The molecular weight excluding hydrogens is 210 g/mol. The minimum Gasteiger partial charge on any atom is -0.373 e. The van der Waals surface area contributed by atoms with Crippen LogP contribution in [-0.2, 0) is 4.74 Å². The minimum absolute atomic E-state index is 0.128. The van der Waals surface area contributed by atoms with E-state index in [0.29, 0.717) is 5.92 Å². The first kappa shape index (κ1) is 15.0. The van der Waals surface area contributed by atoms with E-state index in [1.54, 1.807) is 0 Å². The maximum absolute atomic E-state index is 6.31. The number of likely N-dealkylation sites (N-methyl/N-ethyl adjacent to an activating group) is 1. The molecule has 0 aromatic heterocycles. The molecule has 1 rings (SSSR count). The summed E-state index contributed by atoms with van der Waals surface area (Å²) in [7, 11) is 2.04. The van der Waals surface area contributed by atoms with E-state index in [1.165, 1.54) is 38.5 Å². The topological polar surface area (TPSA) is 21.3 Å². The third-order valence-corrected chi connectivity index (χ3v) is 4.14. The van der Waals surface area contributed by atoms with Crippen LogP contribution in [0.1, 0.15) is 59.3 Å². The zero-order valence-corrected chi connectivity index (χ0v) is 12.2. The van der Waals surface area contributed by atoms with E-state index in [9.17, 15) is 0 Å². The number of nitrogens with one attached hydrogen (secondary N) is 1. The van der Waals surface area contributed by atoms with Crippen molar-refractivity contribution in [1.82, 2.24) is 5.32 Å². The Bertz CT molecular complexity index is 197. The lowest BCUT2D eigenvalue weighted by Crippen LogP contribution is -2.45. The van der Waals surface area contributed by atoms with Gasteiger partial charge in [-0.05, 0) is 51.0 Å². The highest BCUT2D eigenvalue weighted by molar-refractivity contribution is 4.88. The quantitative estimate of drug-likeness (QED) is 0.735. The van der Waals surface area contributed by atoms with Crippen molar-refractivity contribution in [2.24, 2.45) is 11.8 Å². The Kier molecular flexibility index (Phi) is 6.50. The molecule has 0 bridgehead atoms. The lowest BCUT2D eigenvalue weighted by atomic mass is 9.79. The molecular formula is C15H31NO. The van der Waals surface area contributed by atoms with E-state index in [4.69, 9.17) is 4.74 Å². The van der Waals surface area contributed by atoms with E-state index in [1.807, 2.05) is 7.05 Å². The first-order valence-corrected chi connectivity index (χ1v) is 7.40. The summed E-state index contributed by atoms with van der Waals surface area (Å²) in [5.41, 5.74) is 0.128. The molecule has 1 unspecified atom stereocenters. The van der Waals surface area contributed by atoms with Gasteiger partial charge in [-0.3, -0.25) is 0 Å². The van der Waals surface area contributed by atoms with Crippen molar-refractivity contribution in [3.05, 3.63) is 0 Å². The fraction of sp³-hybridized carbons (Fsp3) is 1.00. The van der Waals surface area contributed by atoms with Crippen molar-refractivity contribution in [2.75, 3.05) is 20.2 Å². The average Bonchev–Trinajstić information content (AvgIpc) is 2.31. The molecule has 1 N–H and O–H groups in total. The van der Waals surface area contributed by atoms with Crippen LogP contribution in [0.2, 0.25) is 0 Å². The predicted molar refractivity (Wildman–Crippen MR) is 74.3 cm³/mol. The predicted octanol–water partition coefficient (Wildman–Crippen LogP) is 3.61. The summed E-state index contributed by atoms with van der Waals surface area (Å²) in [6.45, 7) is 8.87. The van der Waals surface area contributed by atoms with Gasteiger partial charge in [-0.15, -0.1) is 0 Å². The van der Waals surface area contributed by atoms with Gasteiger partial charge in [0.15, 0.2) is 0 Å². The highest BCUT2D eigenvalue weighted by atomic mass is 16.5. The summed E-state index contributed by atoms with van der Waals surface area (Å²) in [5, 5.41) is 3.32. The van der Waals surface area contributed by atoms with E-state index in [0.717, 1.165) is 19.1 Å². The minimum atomic E-state index is 0.128.